The first-order valence-electron chi connectivity index (χ1n) is 7.59. The van der Waals surface area contributed by atoms with Crippen LogP contribution in [0.2, 0.25) is 0 Å². The summed E-state index contributed by atoms with van der Waals surface area (Å²) >= 11 is 0. The third-order valence-corrected chi connectivity index (χ3v) is 3.31. The van der Waals surface area contributed by atoms with Crippen LogP contribution in [0.15, 0.2) is 30.3 Å². The molecule has 0 spiro atoms. The lowest BCUT2D eigenvalue weighted by atomic mass is 10.1. The Labute approximate surface area is 131 Å². The fraction of sp³-hybridized carbons (Fsp3) is 0.529. The van der Waals surface area contributed by atoms with Crippen molar-refractivity contribution in [2.45, 2.75) is 45.3 Å². The van der Waals surface area contributed by atoms with Crippen LogP contribution < -0.4 is 0 Å². The van der Waals surface area contributed by atoms with Gasteiger partial charge in [0.1, 0.15) is 11.7 Å². The monoisotopic (exact) mass is 305 g/mol. The Hall–Kier alpha value is -2.04. The molecule has 1 aromatic carbocycles. The van der Waals surface area contributed by atoms with Gasteiger partial charge in [-0.1, -0.05) is 18.2 Å². The molecular weight excluding hydrogens is 282 g/mol. The van der Waals surface area contributed by atoms with Crippen LogP contribution in [-0.4, -0.2) is 41.8 Å². The summed E-state index contributed by atoms with van der Waals surface area (Å²) in [5.74, 6) is -0.350. The highest BCUT2D eigenvalue weighted by Crippen LogP contribution is 2.18. The molecule has 22 heavy (non-hydrogen) atoms. The van der Waals surface area contributed by atoms with Crippen molar-refractivity contribution in [2.75, 3.05) is 13.1 Å². The molecule has 1 saturated heterocycles. The SMILES string of the molecule is CC(C)(C)OC(=O)N1CCC[C@H](OC(=O)c2ccccc2)C1. The molecule has 0 unspecified atom stereocenters. The lowest BCUT2D eigenvalue weighted by Crippen LogP contribution is -2.45. The summed E-state index contributed by atoms with van der Waals surface area (Å²) < 4.78 is 10.9. The van der Waals surface area contributed by atoms with E-state index in [2.05, 4.69) is 0 Å². The van der Waals surface area contributed by atoms with Crippen LogP contribution in [0.5, 0.6) is 0 Å². The van der Waals surface area contributed by atoms with Crippen LogP contribution in [0, 0.1) is 0 Å². The van der Waals surface area contributed by atoms with E-state index in [1.165, 1.54) is 0 Å². The van der Waals surface area contributed by atoms with Gasteiger partial charge < -0.3 is 14.4 Å². The average Bonchev–Trinajstić information content (AvgIpc) is 2.46. The summed E-state index contributed by atoms with van der Waals surface area (Å²) in [6.45, 7) is 6.52. The van der Waals surface area contributed by atoms with Crippen molar-refractivity contribution in [3.8, 4) is 0 Å². The summed E-state index contributed by atoms with van der Waals surface area (Å²) in [7, 11) is 0. The molecule has 1 heterocycles. The maximum absolute atomic E-state index is 12.1. The van der Waals surface area contributed by atoms with Gasteiger partial charge in [-0.15, -0.1) is 0 Å². The molecule has 0 radical (unpaired) electrons. The lowest BCUT2D eigenvalue weighted by molar-refractivity contribution is -0.0115. The standard InChI is InChI=1S/C17H23NO4/c1-17(2,3)22-16(20)18-11-7-10-14(12-18)21-15(19)13-8-5-4-6-9-13/h4-6,8-9,14H,7,10-12H2,1-3H3/t14-/m0/s1. The molecular formula is C17H23NO4. The molecule has 0 saturated carbocycles. The van der Waals surface area contributed by atoms with Crippen LogP contribution in [0.1, 0.15) is 44.0 Å². The highest BCUT2D eigenvalue weighted by Gasteiger charge is 2.29. The van der Waals surface area contributed by atoms with Crippen LogP contribution >= 0.6 is 0 Å². The number of carbonyl (C=O) groups excluding carboxylic acids is 2. The van der Waals surface area contributed by atoms with Crippen LogP contribution in [0.4, 0.5) is 4.79 Å². The Bertz CT molecular complexity index is 521. The van der Waals surface area contributed by atoms with Crippen molar-refractivity contribution in [2.24, 2.45) is 0 Å². The van der Waals surface area contributed by atoms with Crippen molar-refractivity contribution in [1.29, 1.82) is 0 Å². The first kappa shape index (κ1) is 16.3. The number of benzene rings is 1. The van der Waals surface area contributed by atoms with E-state index in [4.69, 9.17) is 9.47 Å². The molecule has 1 aliphatic rings. The predicted octanol–water partition coefficient (Wildman–Crippen LogP) is 3.24. The minimum atomic E-state index is -0.523. The Balaban J connectivity index is 1.91. The summed E-state index contributed by atoms with van der Waals surface area (Å²) in [4.78, 5) is 25.7. The molecule has 1 fully saturated rings. The quantitative estimate of drug-likeness (QED) is 0.787. The fourth-order valence-corrected chi connectivity index (χ4v) is 2.32. The minimum absolute atomic E-state index is 0.283. The van der Waals surface area contributed by atoms with E-state index in [-0.39, 0.29) is 18.2 Å². The summed E-state index contributed by atoms with van der Waals surface area (Å²) in [5.41, 5.74) is 0.00183. The number of carbonyl (C=O) groups is 2. The number of nitrogens with zero attached hydrogens (tertiary/aromatic N) is 1. The molecule has 5 heteroatoms. The van der Waals surface area contributed by atoms with E-state index in [1.807, 2.05) is 26.8 Å². The zero-order chi connectivity index (χ0) is 16.2. The Kier molecular flexibility index (Phi) is 5.06. The van der Waals surface area contributed by atoms with Gasteiger partial charge in [-0.3, -0.25) is 0 Å². The van der Waals surface area contributed by atoms with Gasteiger partial charge in [0.05, 0.1) is 12.1 Å². The molecule has 0 aliphatic carbocycles. The second kappa shape index (κ2) is 6.81. The summed E-state index contributed by atoms with van der Waals surface area (Å²) in [6, 6.07) is 8.88. The molecule has 1 amide bonds. The highest BCUT2D eigenvalue weighted by atomic mass is 16.6. The van der Waals surface area contributed by atoms with Gasteiger partial charge in [-0.25, -0.2) is 9.59 Å². The van der Waals surface area contributed by atoms with E-state index in [0.717, 1.165) is 12.8 Å². The third-order valence-electron chi connectivity index (χ3n) is 3.31. The Morgan fingerprint density at radius 3 is 2.50 bits per heavy atom. The average molecular weight is 305 g/mol. The van der Waals surface area contributed by atoms with Gasteiger partial charge in [0.15, 0.2) is 0 Å². The predicted molar refractivity (Wildman–Crippen MR) is 82.7 cm³/mol. The molecule has 1 aromatic rings. The largest absolute Gasteiger partial charge is 0.457 e. The fourth-order valence-electron chi connectivity index (χ4n) is 2.32. The number of ether oxygens (including phenoxy) is 2. The van der Waals surface area contributed by atoms with E-state index < -0.39 is 5.60 Å². The van der Waals surface area contributed by atoms with E-state index >= 15 is 0 Å². The summed E-state index contributed by atoms with van der Waals surface area (Å²) in [5, 5.41) is 0. The first-order chi connectivity index (χ1) is 10.3. The maximum atomic E-state index is 12.1. The van der Waals surface area contributed by atoms with Gasteiger partial charge in [-0.2, -0.15) is 0 Å². The van der Waals surface area contributed by atoms with Crippen molar-refractivity contribution in [1.82, 2.24) is 4.90 Å². The van der Waals surface area contributed by atoms with Crippen LogP contribution in [0.3, 0.4) is 0 Å². The highest BCUT2D eigenvalue weighted by molar-refractivity contribution is 5.89. The van der Waals surface area contributed by atoms with Gasteiger partial charge >= 0.3 is 12.1 Å². The third kappa shape index (κ3) is 4.76. The molecule has 5 nitrogen and oxygen atoms in total. The normalized spacial score (nSPS) is 18.7. The number of hydrogen-bond donors (Lipinski definition) is 0. The number of amides is 1. The zero-order valence-electron chi connectivity index (χ0n) is 13.4. The van der Waals surface area contributed by atoms with Crippen LogP contribution in [0.25, 0.3) is 0 Å². The van der Waals surface area contributed by atoms with E-state index in [0.29, 0.717) is 18.7 Å². The van der Waals surface area contributed by atoms with Gasteiger partial charge in [0.25, 0.3) is 0 Å². The maximum Gasteiger partial charge on any atom is 0.410 e. The smallest absolute Gasteiger partial charge is 0.410 e. The molecule has 2 rings (SSSR count). The van der Waals surface area contributed by atoms with Crippen molar-refractivity contribution in [3.63, 3.8) is 0 Å². The van der Waals surface area contributed by atoms with Crippen molar-refractivity contribution >= 4 is 12.1 Å². The number of rotatable bonds is 2. The minimum Gasteiger partial charge on any atom is -0.457 e. The molecule has 1 atom stereocenters. The van der Waals surface area contributed by atoms with Crippen molar-refractivity contribution in [3.05, 3.63) is 35.9 Å². The molecule has 1 aliphatic heterocycles. The Morgan fingerprint density at radius 1 is 1.18 bits per heavy atom. The zero-order valence-corrected chi connectivity index (χ0v) is 13.4. The summed E-state index contributed by atoms with van der Waals surface area (Å²) in [6.07, 6.45) is 0.922. The topological polar surface area (TPSA) is 55.8 Å². The van der Waals surface area contributed by atoms with E-state index in [9.17, 15) is 9.59 Å². The number of hydrogen-bond acceptors (Lipinski definition) is 4. The van der Waals surface area contributed by atoms with Crippen molar-refractivity contribution < 1.29 is 19.1 Å². The second-order valence-electron chi connectivity index (χ2n) is 6.46. The number of likely N-dealkylation sites (tertiary alicyclic amines) is 1. The van der Waals surface area contributed by atoms with Gasteiger partial charge in [0, 0.05) is 6.54 Å². The lowest BCUT2D eigenvalue weighted by Gasteiger charge is -2.33. The molecule has 0 aromatic heterocycles. The van der Waals surface area contributed by atoms with Gasteiger partial charge in [-0.05, 0) is 45.7 Å². The number of esters is 1. The van der Waals surface area contributed by atoms with Gasteiger partial charge in [0.2, 0.25) is 0 Å². The molecule has 120 valence electrons. The number of piperidine rings is 1. The second-order valence-corrected chi connectivity index (χ2v) is 6.46. The van der Waals surface area contributed by atoms with E-state index in [1.54, 1.807) is 29.2 Å². The molecule has 0 bridgehead atoms. The molecule has 0 N–H and O–H groups in total. The first-order valence-corrected chi connectivity index (χ1v) is 7.59. The van der Waals surface area contributed by atoms with Crippen LogP contribution in [-0.2, 0) is 9.47 Å². The Morgan fingerprint density at radius 2 is 1.86 bits per heavy atom.